The number of hydrogen-bond acceptors (Lipinski definition) is 3. The third-order valence-electron chi connectivity index (χ3n) is 4.25. The Kier molecular flexibility index (Phi) is 21.1. The first kappa shape index (κ1) is 25.7. The van der Waals surface area contributed by atoms with E-state index in [0.29, 0.717) is 6.42 Å². The van der Waals surface area contributed by atoms with Crippen LogP contribution in [-0.2, 0) is 10.1 Å². The molecule has 0 amide bonds. The Morgan fingerprint density at radius 3 is 1.09 bits per heavy atom. The second-order valence-electron chi connectivity index (χ2n) is 6.57. The minimum absolute atomic E-state index is 0. The quantitative estimate of drug-likeness (QED) is 0.232. The van der Waals surface area contributed by atoms with E-state index in [1.54, 1.807) is 0 Å². The second-order valence-corrected chi connectivity index (χ2v) is 8.09. The number of rotatable bonds is 17. The molecule has 0 aliphatic carbocycles. The fourth-order valence-electron chi connectivity index (χ4n) is 2.83. The fraction of sp³-hybridized carbons (Fsp3) is 1.00. The Labute approximate surface area is 157 Å². The van der Waals surface area contributed by atoms with Crippen molar-refractivity contribution < 1.29 is 31.8 Å². The molecule has 0 radical (unpaired) electrons. The summed E-state index contributed by atoms with van der Waals surface area (Å²) in [6.07, 6.45) is 20.1. The molecule has 0 N–H and O–H groups in total. The van der Waals surface area contributed by atoms with Gasteiger partial charge in [-0.2, -0.15) is 0 Å². The van der Waals surface area contributed by atoms with Crippen LogP contribution in [0.5, 0.6) is 0 Å². The Morgan fingerprint density at radius 1 is 0.565 bits per heavy atom. The monoisotopic (exact) mass is 340 g/mol. The predicted octanol–water partition coefficient (Wildman–Crippen LogP) is 2.80. The van der Waals surface area contributed by atoms with Crippen molar-refractivity contribution in [2.24, 2.45) is 0 Å². The van der Waals surface area contributed by atoms with Crippen LogP contribution in [0.1, 0.15) is 110 Å². The molecule has 0 aromatic rings. The van der Waals surface area contributed by atoms with Gasteiger partial charge in [-0.05, 0) is 6.42 Å². The SMILES string of the molecule is CCCCCCCCCCCCCCCCCCS(=O)(=O)[O-].[Li+]. The molecule has 0 aliphatic heterocycles. The van der Waals surface area contributed by atoms with Gasteiger partial charge in [-0.3, -0.25) is 0 Å². The van der Waals surface area contributed by atoms with Gasteiger partial charge in [0.1, 0.15) is 0 Å². The van der Waals surface area contributed by atoms with Crippen LogP contribution in [0.2, 0.25) is 0 Å². The van der Waals surface area contributed by atoms with E-state index in [4.69, 9.17) is 0 Å². The number of hydrogen-bond donors (Lipinski definition) is 0. The average molecular weight is 340 g/mol. The summed E-state index contributed by atoms with van der Waals surface area (Å²) >= 11 is 0. The van der Waals surface area contributed by atoms with Crippen LogP contribution in [0.25, 0.3) is 0 Å². The molecule has 23 heavy (non-hydrogen) atoms. The molecule has 0 fully saturated rings. The molecule has 134 valence electrons. The van der Waals surface area contributed by atoms with Gasteiger partial charge in [-0.25, -0.2) is 8.42 Å². The maximum absolute atomic E-state index is 10.4. The minimum Gasteiger partial charge on any atom is -0.748 e. The van der Waals surface area contributed by atoms with E-state index >= 15 is 0 Å². The largest absolute Gasteiger partial charge is 1.00 e. The Bertz CT molecular complexity index is 318. The molecule has 0 aromatic carbocycles. The normalized spacial score (nSPS) is 11.4. The smallest absolute Gasteiger partial charge is 0.748 e. The van der Waals surface area contributed by atoms with Crippen molar-refractivity contribution in [2.45, 2.75) is 110 Å². The molecule has 0 spiro atoms. The average Bonchev–Trinajstić information content (AvgIpc) is 2.45. The van der Waals surface area contributed by atoms with E-state index in [-0.39, 0.29) is 24.6 Å². The van der Waals surface area contributed by atoms with Crippen molar-refractivity contribution in [3.05, 3.63) is 0 Å². The van der Waals surface area contributed by atoms with Gasteiger partial charge in [0.2, 0.25) is 0 Å². The summed E-state index contributed by atoms with van der Waals surface area (Å²) in [6.45, 7) is 2.26. The summed E-state index contributed by atoms with van der Waals surface area (Å²) in [5, 5.41) is 0. The molecule has 0 unspecified atom stereocenters. The van der Waals surface area contributed by atoms with Gasteiger partial charge in [-0.15, -0.1) is 0 Å². The van der Waals surface area contributed by atoms with Gasteiger partial charge in [-0.1, -0.05) is 103 Å². The zero-order valence-corrected chi connectivity index (χ0v) is 16.5. The molecule has 5 heteroatoms. The van der Waals surface area contributed by atoms with Crippen LogP contribution >= 0.6 is 0 Å². The Hall–Kier alpha value is 0.507. The van der Waals surface area contributed by atoms with Crippen molar-refractivity contribution >= 4 is 10.1 Å². The molecule has 0 atom stereocenters. The van der Waals surface area contributed by atoms with Crippen LogP contribution in [0.3, 0.4) is 0 Å². The van der Waals surface area contributed by atoms with Crippen molar-refractivity contribution in [2.75, 3.05) is 5.75 Å². The first-order valence-corrected chi connectivity index (χ1v) is 11.1. The summed E-state index contributed by atoms with van der Waals surface area (Å²) in [7, 11) is -3.99. The first-order valence-electron chi connectivity index (χ1n) is 9.50. The zero-order chi connectivity index (χ0) is 16.5. The molecule has 3 nitrogen and oxygen atoms in total. The third kappa shape index (κ3) is 24.9. The van der Waals surface area contributed by atoms with Crippen molar-refractivity contribution in [3.63, 3.8) is 0 Å². The van der Waals surface area contributed by atoms with Gasteiger partial charge in [0.25, 0.3) is 0 Å². The summed E-state index contributed by atoms with van der Waals surface area (Å²) in [4.78, 5) is 0. The predicted molar refractivity (Wildman–Crippen MR) is 94.1 cm³/mol. The van der Waals surface area contributed by atoms with Crippen molar-refractivity contribution in [3.8, 4) is 0 Å². The Balaban J connectivity index is 0. The molecule has 0 bridgehead atoms. The van der Waals surface area contributed by atoms with Crippen molar-refractivity contribution in [1.82, 2.24) is 0 Å². The maximum atomic E-state index is 10.4. The van der Waals surface area contributed by atoms with Crippen LogP contribution < -0.4 is 18.9 Å². The molecule has 0 saturated heterocycles. The minimum atomic E-state index is -3.99. The van der Waals surface area contributed by atoms with Crippen molar-refractivity contribution in [1.29, 1.82) is 0 Å². The van der Waals surface area contributed by atoms with Gasteiger partial charge in [0.05, 0.1) is 10.1 Å². The summed E-state index contributed by atoms with van der Waals surface area (Å²) in [5.41, 5.74) is 0. The molecule has 0 rings (SSSR count). The third-order valence-corrected chi connectivity index (χ3v) is 5.04. The number of unbranched alkanes of at least 4 members (excludes halogenated alkanes) is 15. The standard InChI is InChI=1S/C18H38O3S.Li/c1-2-3-4-5-6-7-8-9-10-11-12-13-14-15-16-17-18-22(19,20)21;/h2-18H2,1H3,(H,19,20,21);/q;+1/p-1. The van der Waals surface area contributed by atoms with Crippen LogP contribution in [0.15, 0.2) is 0 Å². The molecular formula is C18H37LiO3S. The maximum Gasteiger partial charge on any atom is 1.00 e. The summed E-state index contributed by atoms with van der Waals surface area (Å²) < 4.78 is 31.3. The molecule has 0 aliphatic rings. The van der Waals surface area contributed by atoms with E-state index in [9.17, 15) is 13.0 Å². The summed E-state index contributed by atoms with van der Waals surface area (Å²) in [5.74, 6) is -0.189. The Morgan fingerprint density at radius 2 is 0.826 bits per heavy atom. The van der Waals surface area contributed by atoms with Gasteiger partial charge >= 0.3 is 18.9 Å². The van der Waals surface area contributed by atoms with Gasteiger partial charge in [0, 0.05) is 5.75 Å². The van der Waals surface area contributed by atoms with E-state index in [2.05, 4.69) is 6.92 Å². The van der Waals surface area contributed by atoms with Crippen LogP contribution in [0, 0.1) is 0 Å². The van der Waals surface area contributed by atoms with Gasteiger partial charge in [0.15, 0.2) is 0 Å². The molecule has 0 aromatic heterocycles. The first-order chi connectivity index (χ1) is 10.6. The zero-order valence-electron chi connectivity index (χ0n) is 15.7. The van der Waals surface area contributed by atoms with Crippen LogP contribution in [-0.4, -0.2) is 18.7 Å². The van der Waals surface area contributed by atoms with E-state index < -0.39 is 10.1 Å². The van der Waals surface area contributed by atoms with Crippen LogP contribution in [0.4, 0.5) is 0 Å². The van der Waals surface area contributed by atoms with E-state index in [1.165, 1.54) is 83.5 Å². The molecule has 0 heterocycles. The topological polar surface area (TPSA) is 57.2 Å². The van der Waals surface area contributed by atoms with Gasteiger partial charge < -0.3 is 4.55 Å². The molecular weight excluding hydrogens is 303 g/mol. The fourth-order valence-corrected chi connectivity index (χ4v) is 3.38. The summed E-state index contributed by atoms with van der Waals surface area (Å²) in [6, 6.07) is 0. The van der Waals surface area contributed by atoms with E-state index in [1.807, 2.05) is 0 Å². The van der Waals surface area contributed by atoms with E-state index in [0.717, 1.165) is 12.8 Å². The second kappa shape index (κ2) is 18.8. The molecule has 0 saturated carbocycles.